The summed E-state index contributed by atoms with van der Waals surface area (Å²) in [7, 11) is 1.58. The van der Waals surface area contributed by atoms with Crippen LogP contribution in [0.5, 0.6) is 16.7 Å². The van der Waals surface area contributed by atoms with Gasteiger partial charge in [-0.3, -0.25) is 0 Å². The summed E-state index contributed by atoms with van der Waals surface area (Å²) < 4.78 is 12.3. The number of benzene rings is 1. The highest BCUT2D eigenvalue weighted by Crippen LogP contribution is 2.40. The van der Waals surface area contributed by atoms with Gasteiger partial charge in [0.25, 0.3) is 5.19 Å². The van der Waals surface area contributed by atoms with Crippen molar-refractivity contribution in [3.05, 3.63) is 31.1 Å². The first-order chi connectivity index (χ1) is 9.05. The lowest BCUT2D eigenvalue weighted by Crippen LogP contribution is -1.89. The zero-order valence-corrected chi connectivity index (χ0v) is 14.4. The van der Waals surface area contributed by atoms with Crippen molar-refractivity contribution in [2.24, 2.45) is 0 Å². The van der Waals surface area contributed by atoms with Crippen molar-refractivity contribution < 1.29 is 14.6 Å². The van der Waals surface area contributed by atoms with Crippen molar-refractivity contribution in [1.82, 2.24) is 4.98 Å². The molecule has 1 aromatic heterocycles. The first-order valence-corrected chi connectivity index (χ1v) is 7.80. The van der Waals surface area contributed by atoms with Crippen LogP contribution in [0.1, 0.15) is 4.88 Å². The number of ether oxygens (including phenoxy) is 2. The van der Waals surface area contributed by atoms with E-state index in [9.17, 15) is 0 Å². The first kappa shape index (κ1) is 15.1. The standard InChI is InChI=1S/C11H8Br2ClNO3S/c1-17-7-2-6(13)8(3-5(7)12)18-11-15-10(14)9(4-16)19-11/h2-3,16H,4H2,1H3. The lowest BCUT2D eigenvalue weighted by atomic mass is 10.3. The van der Waals surface area contributed by atoms with Gasteiger partial charge in [-0.15, -0.1) is 0 Å². The Labute approximate surface area is 135 Å². The Hall–Kier alpha value is -0.340. The van der Waals surface area contributed by atoms with Gasteiger partial charge in [0, 0.05) is 6.07 Å². The van der Waals surface area contributed by atoms with Crippen molar-refractivity contribution in [3.63, 3.8) is 0 Å². The van der Waals surface area contributed by atoms with Gasteiger partial charge in [-0.25, -0.2) is 0 Å². The molecular formula is C11H8Br2ClNO3S. The molecule has 0 aliphatic carbocycles. The summed E-state index contributed by atoms with van der Waals surface area (Å²) in [6.07, 6.45) is 0. The van der Waals surface area contributed by atoms with Gasteiger partial charge in [0.2, 0.25) is 0 Å². The summed E-state index contributed by atoms with van der Waals surface area (Å²) in [4.78, 5) is 4.59. The minimum absolute atomic E-state index is 0.159. The van der Waals surface area contributed by atoms with Crippen LogP contribution in [0, 0.1) is 0 Å². The molecule has 1 N–H and O–H groups in total. The molecule has 1 aromatic carbocycles. The van der Waals surface area contributed by atoms with E-state index in [2.05, 4.69) is 36.8 Å². The van der Waals surface area contributed by atoms with Crippen molar-refractivity contribution >= 4 is 54.8 Å². The van der Waals surface area contributed by atoms with Gasteiger partial charge in [0.15, 0.2) is 0 Å². The van der Waals surface area contributed by atoms with Gasteiger partial charge in [-0.1, -0.05) is 22.9 Å². The number of hydrogen-bond donors (Lipinski definition) is 1. The van der Waals surface area contributed by atoms with Gasteiger partial charge in [-0.05, 0) is 37.9 Å². The Bertz CT molecular complexity index is 606. The summed E-state index contributed by atoms with van der Waals surface area (Å²) in [6, 6.07) is 3.54. The molecule has 2 aromatic rings. The number of hydrogen-bond acceptors (Lipinski definition) is 5. The second-order valence-electron chi connectivity index (χ2n) is 3.37. The number of thiazole rings is 1. The maximum absolute atomic E-state index is 9.06. The van der Waals surface area contributed by atoms with Crippen LogP contribution in [-0.4, -0.2) is 17.2 Å². The molecule has 0 fully saturated rings. The fourth-order valence-electron chi connectivity index (χ4n) is 1.29. The minimum Gasteiger partial charge on any atom is -0.496 e. The molecule has 1 heterocycles. The Kier molecular flexibility index (Phi) is 5.08. The van der Waals surface area contributed by atoms with Crippen LogP contribution < -0.4 is 9.47 Å². The lowest BCUT2D eigenvalue weighted by Gasteiger charge is -2.08. The summed E-state index contributed by atoms with van der Waals surface area (Å²) in [6.45, 7) is -0.159. The zero-order chi connectivity index (χ0) is 14.0. The fourth-order valence-corrected chi connectivity index (χ4v) is 3.16. The normalized spacial score (nSPS) is 10.6. The number of aromatic nitrogens is 1. The molecule has 0 aliphatic heterocycles. The molecule has 102 valence electrons. The predicted molar refractivity (Wildman–Crippen MR) is 81.5 cm³/mol. The molecule has 0 aliphatic rings. The lowest BCUT2D eigenvalue weighted by molar-refractivity contribution is 0.285. The quantitative estimate of drug-likeness (QED) is 0.771. The maximum Gasteiger partial charge on any atom is 0.280 e. The molecule has 0 saturated heterocycles. The summed E-state index contributed by atoms with van der Waals surface area (Å²) in [5.74, 6) is 1.26. The van der Waals surface area contributed by atoms with Crippen LogP contribution in [0.2, 0.25) is 5.15 Å². The van der Waals surface area contributed by atoms with Gasteiger partial charge in [-0.2, -0.15) is 4.98 Å². The van der Waals surface area contributed by atoms with Crippen LogP contribution in [-0.2, 0) is 6.61 Å². The molecule has 0 atom stereocenters. The van der Waals surface area contributed by atoms with E-state index in [-0.39, 0.29) is 11.8 Å². The molecule has 19 heavy (non-hydrogen) atoms. The fraction of sp³-hybridized carbons (Fsp3) is 0.182. The number of halogens is 3. The largest absolute Gasteiger partial charge is 0.496 e. The molecule has 2 rings (SSSR count). The summed E-state index contributed by atoms with van der Waals surface area (Å²) >= 11 is 13.8. The number of aliphatic hydroxyl groups excluding tert-OH is 1. The molecule has 0 radical (unpaired) electrons. The molecular weight excluding hydrogens is 421 g/mol. The number of rotatable bonds is 4. The summed E-state index contributed by atoms with van der Waals surface area (Å²) in [5.41, 5.74) is 0. The Morgan fingerprint density at radius 1 is 1.32 bits per heavy atom. The van der Waals surface area contributed by atoms with Gasteiger partial charge < -0.3 is 14.6 Å². The van der Waals surface area contributed by atoms with Gasteiger partial charge in [0.05, 0.1) is 27.5 Å². The Morgan fingerprint density at radius 3 is 2.53 bits per heavy atom. The van der Waals surface area contributed by atoms with E-state index in [0.29, 0.717) is 21.6 Å². The van der Waals surface area contributed by atoms with E-state index in [1.807, 2.05) is 0 Å². The smallest absolute Gasteiger partial charge is 0.280 e. The van der Waals surface area contributed by atoms with E-state index >= 15 is 0 Å². The highest BCUT2D eigenvalue weighted by atomic mass is 79.9. The first-order valence-electron chi connectivity index (χ1n) is 5.02. The van der Waals surface area contributed by atoms with Crippen LogP contribution in [0.25, 0.3) is 0 Å². The van der Waals surface area contributed by atoms with E-state index in [0.717, 1.165) is 8.95 Å². The molecule has 4 nitrogen and oxygen atoms in total. The monoisotopic (exact) mass is 427 g/mol. The molecule has 0 spiro atoms. The molecule has 0 bridgehead atoms. The molecule has 0 saturated carbocycles. The second-order valence-corrected chi connectivity index (χ2v) is 6.48. The maximum atomic E-state index is 9.06. The van der Waals surface area contributed by atoms with E-state index in [1.165, 1.54) is 11.3 Å². The van der Waals surface area contributed by atoms with Gasteiger partial charge >= 0.3 is 0 Å². The minimum atomic E-state index is -0.159. The highest BCUT2D eigenvalue weighted by Gasteiger charge is 2.13. The third kappa shape index (κ3) is 3.41. The average Bonchev–Trinajstić information content (AvgIpc) is 2.73. The summed E-state index contributed by atoms with van der Waals surface area (Å²) in [5, 5.41) is 9.69. The van der Waals surface area contributed by atoms with Gasteiger partial charge in [0.1, 0.15) is 16.7 Å². The molecule has 0 amide bonds. The van der Waals surface area contributed by atoms with Crippen molar-refractivity contribution in [3.8, 4) is 16.7 Å². The zero-order valence-electron chi connectivity index (χ0n) is 9.61. The predicted octanol–water partition coefficient (Wildman–Crippen LogP) is 4.61. The van der Waals surface area contributed by atoms with Crippen molar-refractivity contribution in [2.75, 3.05) is 7.11 Å². The second kappa shape index (κ2) is 6.41. The number of methoxy groups -OCH3 is 1. The SMILES string of the molecule is COc1cc(Br)c(Oc2nc(Cl)c(CO)s2)cc1Br. The van der Waals surface area contributed by atoms with E-state index in [4.69, 9.17) is 26.2 Å². The third-order valence-electron chi connectivity index (χ3n) is 2.18. The highest BCUT2D eigenvalue weighted by molar-refractivity contribution is 9.11. The van der Waals surface area contributed by atoms with Crippen LogP contribution in [0.3, 0.4) is 0 Å². The van der Waals surface area contributed by atoms with Crippen molar-refractivity contribution in [2.45, 2.75) is 6.61 Å². The molecule has 0 unspecified atom stereocenters. The van der Waals surface area contributed by atoms with Crippen molar-refractivity contribution in [1.29, 1.82) is 0 Å². The van der Waals surface area contributed by atoms with E-state index in [1.54, 1.807) is 19.2 Å². The topological polar surface area (TPSA) is 51.6 Å². The van der Waals surface area contributed by atoms with Crippen LogP contribution in [0.4, 0.5) is 0 Å². The third-order valence-corrected chi connectivity index (χ3v) is 4.76. The number of aliphatic hydroxyl groups is 1. The van der Waals surface area contributed by atoms with Crippen LogP contribution >= 0.6 is 54.8 Å². The van der Waals surface area contributed by atoms with E-state index < -0.39 is 0 Å². The Balaban J connectivity index is 2.30. The molecule has 8 heteroatoms. The number of nitrogens with zero attached hydrogens (tertiary/aromatic N) is 1. The average molecular weight is 430 g/mol. The van der Waals surface area contributed by atoms with Crippen LogP contribution in [0.15, 0.2) is 21.1 Å². The Morgan fingerprint density at radius 2 is 1.95 bits per heavy atom.